The molecule has 2 aromatic rings. The number of benzene rings is 1. The van der Waals surface area contributed by atoms with Crippen molar-refractivity contribution in [2.45, 2.75) is 6.43 Å². The summed E-state index contributed by atoms with van der Waals surface area (Å²) < 4.78 is 25.3. The Hall–Kier alpha value is -1.17. The van der Waals surface area contributed by atoms with Crippen LogP contribution in [0.1, 0.15) is 12.0 Å². The zero-order chi connectivity index (χ0) is 10.3. The maximum Gasteiger partial charge on any atom is 0.263 e. The zero-order valence-corrected chi connectivity index (χ0v) is 8.48. The molecule has 6 heteroatoms. The second-order valence-electron chi connectivity index (χ2n) is 2.82. The summed E-state index contributed by atoms with van der Waals surface area (Å²) >= 11 is 3.16. The van der Waals surface area contributed by atoms with Gasteiger partial charge < -0.3 is 10.7 Å². The molecule has 0 aliphatic heterocycles. The molecule has 1 heterocycles. The van der Waals surface area contributed by atoms with Gasteiger partial charge in [-0.1, -0.05) is 0 Å². The number of H-pyrrole nitrogens is 1. The minimum atomic E-state index is -2.50. The van der Waals surface area contributed by atoms with Crippen LogP contribution in [0.4, 0.5) is 14.7 Å². The second kappa shape index (κ2) is 3.20. The van der Waals surface area contributed by atoms with E-state index in [1.54, 1.807) is 0 Å². The van der Waals surface area contributed by atoms with Gasteiger partial charge >= 0.3 is 0 Å². The number of nitrogens with two attached hydrogens (primary N) is 1. The number of nitrogen functional groups attached to an aromatic ring is 1. The van der Waals surface area contributed by atoms with Crippen LogP contribution in [0.3, 0.4) is 0 Å². The standard InChI is InChI=1S/C8H6BrF2N3/c9-4-1-3(7(10)11)2-5-6(4)14-8(12)13-5/h1-2,7H,(H3,12,13,14). The van der Waals surface area contributed by atoms with Crippen molar-refractivity contribution in [3.8, 4) is 0 Å². The first kappa shape index (κ1) is 9.39. The van der Waals surface area contributed by atoms with Crippen molar-refractivity contribution in [2.75, 3.05) is 5.73 Å². The number of rotatable bonds is 1. The Bertz CT molecular complexity index is 481. The smallest absolute Gasteiger partial charge is 0.263 e. The minimum Gasteiger partial charge on any atom is -0.369 e. The first-order chi connectivity index (χ1) is 6.58. The molecule has 0 unspecified atom stereocenters. The molecule has 14 heavy (non-hydrogen) atoms. The molecule has 0 bridgehead atoms. The molecule has 74 valence electrons. The normalized spacial score (nSPS) is 11.4. The van der Waals surface area contributed by atoms with Crippen LogP contribution in [0.2, 0.25) is 0 Å². The van der Waals surface area contributed by atoms with Gasteiger partial charge in [0.05, 0.1) is 5.52 Å². The molecule has 0 aliphatic carbocycles. The largest absolute Gasteiger partial charge is 0.369 e. The van der Waals surface area contributed by atoms with E-state index in [0.29, 0.717) is 15.5 Å². The van der Waals surface area contributed by atoms with Crippen molar-refractivity contribution >= 4 is 32.9 Å². The molecule has 3 nitrogen and oxygen atoms in total. The van der Waals surface area contributed by atoms with Crippen molar-refractivity contribution in [3.05, 3.63) is 22.2 Å². The van der Waals surface area contributed by atoms with Gasteiger partial charge in [-0.2, -0.15) is 0 Å². The Morgan fingerprint density at radius 3 is 2.79 bits per heavy atom. The third kappa shape index (κ3) is 1.45. The lowest BCUT2D eigenvalue weighted by Crippen LogP contribution is -1.84. The van der Waals surface area contributed by atoms with Crippen molar-refractivity contribution in [2.24, 2.45) is 0 Å². The molecule has 1 aromatic carbocycles. The number of aromatic nitrogens is 2. The van der Waals surface area contributed by atoms with Gasteiger partial charge in [-0.05, 0) is 28.1 Å². The Morgan fingerprint density at radius 1 is 1.43 bits per heavy atom. The quantitative estimate of drug-likeness (QED) is 0.830. The van der Waals surface area contributed by atoms with Crippen LogP contribution in [0, 0.1) is 0 Å². The van der Waals surface area contributed by atoms with Crippen LogP contribution < -0.4 is 5.73 Å². The van der Waals surface area contributed by atoms with E-state index in [2.05, 4.69) is 25.9 Å². The van der Waals surface area contributed by atoms with Gasteiger partial charge in [-0.15, -0.1) is 0 Å². The van der Waals surface area contributed by atoms with E-state index in [0.717, 1.165) is 0 Å². The predicted molar refractivity (Wildman–Crippen MR) is 53.2 cm³/mol. The Kier molecular flexibility index (Phi) is 2.14. The lowest BCUT2D eigenvalue weighted by molar-refractivity contribution is 0.151. The Morgan fingerprint density at radius 2 is 2.14 bits per heavy atom. The monoisotopic (exact) mass is 261 g/mol. The molecule has 0 spiro atoms. The fraction of sp³-hybridized carbons (Fsp3) is 0.125. The van der Waals surface area contributed by atoms with Gasteiger partial charge in [0.1, 0.15) is 5.52 Å². The zero-order valence-electron chi connectivity index (χ0n) is 6.89. The molecule has 0 saturated carbocycles. The van der Waals surface area contributed by atoms with Gasteiger partial charge in [0.15, 0.2) is 5.95 Å². The summed E-state index contributed by atoms with van der Waals surface area (Å²) in [5.74, 6) is 0.215. The van der Waals surface area contributed by atoms with E-state index >= 15 is 0 Å². The topological polar surface area (TPSA) is 54.7 Å². The van der Waals surface area contributed by atoms with Gasteiger partial charge in [0.2, 0.25) is 0 Å². The number of halogens is 3. The maximum absolute atomic E-state index is 12.4. The minimum absolute atomic E-state index is 0.0620. The van der Waals surface area contributed by atoms with E-state index in [1.807, 2.05) is 0 Å². The van der Waals surface area contributed by atoms with Crippen molar-refractivity contribution in [3.63, 3.8) is 0 Å². The summed E-state index contributed by atoms with van der Waals surface area (Å²) in [6.45, 7) is 0. The average Bonchev–Trinajstić information content (AvgIpc) is 2.45. The Balaban J connectivity index is 2.71. The number of hydrogen-bond donors (Lipinski definition) is 2. The maximum atomic E-state index is 12.4. The number of aromatic amines is 1. The molecule has 0 radical (unpaired) electrons. The highest BCUT2D eigenvalue weighted by atomic mass is 79.9. The number of nitrogens with one attached hydrogen (secondary N) is 1. The molecule has 0 aliphatic rings. The molecule has 1 aromatic heterocycles. The fourth-order valence-corrected chi connectivity index (χ4v) is 1.81. The van der Waals surface area contributed by atoms with Crippen LogP contribution >= 0.6 is 15.9 Å². The van der Waals surface area contributed by atoms with Gasteiger partial charge in [-0.3, -0.25) is 0 Å². The highest BCUT2D eigenvalue weighted by Crippen LogP contribution is 2.29. The summed E-state index contributed by atoms with van der Waals surface area (Å²) in [7, 11) is 0. The third-order valence-electron chi connectivity index (χ3n) is 1.83. The van der Waals surface area contributed by atoms with E-state index in [1.165, 1.54) is 12.1 Å². The molecule has 2 rings (SSSR count). The Labute approximate surface area is 86.4 Å². The molecule has 3 N–H and O–H groups in total. The van der Waals surface area contributed by atoms with Crippen molar-refractivity contribution < 1.29 is 8.78 Å². The number of hydrogen-bond acceptors (Lipinski definition) is 2. The highest BCUT2D eigenvalue weighted by Gasteiger charge is 2.12. The van der Waals surface area contributed by atoms with Crippen LogP contribution in [0.25, 0.3) is 11.0 Å². The number of nitrogens with zero attached hydrogens (tertiary/aromatic N) is 1. The third-order valence-corrected chi connectivity index (χ3v) is 2.44. The molecular formula is C8H6BrF2N3. The summed E-state index contributed by atoms with van der Waals surface area (Å²) in [6.07, 6.45) is -2.50. The molecule has 0 saturated heterocycles. The first-order valence-electron chi connectivity index (χ1n) is 3.80. The fourth-order valence-electron chi connectivity index (χ4n) is 1.24. The predicted octanol–water partition coefficient (Wildman–Crippen LogP) is 2.85. The summed E-state index contributed by atoms with van der Waals surface area (Å²) in [5.41, 5.74) is 6.42. The summed E-state index contributed by atoms with van der Waals surface area (Å²) in [6, 6.07) is 2.68. The lowest BCUT2D eigenvalue weighted by atomic mass is 10.2. The molecule has 0 fully saturated rings. The molecular weight excluding hydrogens is 256 g/mol. The molecule has 0 amide bonds. The van der Waals surface area contributed by atoms with Gasteiger partial charge in [0, 0.05) is 10.0 Å². The van der Waals surface area contributed by atoms with E-state index in [9.17, 15) is 8.78 Å². The second-order valence-corrected chi connectivity index (χ2v) is 3.68. The van der Waals surface area contributed by atoms with Gasteiger partial charge in [-0.25, -0.2) is 13.8 Å². The number of imidazole rings is 1. The highest BCUT2D eigenvalue weighted by molar-refractivity contribution is 9.10. The SMILES string of the molecule is Nc1nc2c(Br)cc(C(F)F)cc2[nH]1. The van der Waals surface area contributed by atoms with Crippen molar-refractivity contribution in [1.29, 1.82) is 0 Å². The van der Waals surface area contributed by atoms with Crippen molar-refractivity contribution in [1.82, 2.24) is 9.97 Å². The summed E-state index contributed by atoms with van der Waals surface area (Å²) in [4.78, 5) is 6.64. The van der Waals surface area contributed by atoms with Crippen LogP contribution in [-0.2, 0) is 0 Å². The lowest BCUT2D eigenvalue weighted by Gasteiger charge is -2.00. The van der Waals surface area contributed by atoms with Crippen LogP contribution in [0.15, 0.2) is 16.6 Å². The van der Waals surface area contributed by atoms with E-state index in [4.69, 9.17) is 5.73 Å². The number of fused-ring (bicyclic) bond motifs is 1. The van der Waals surface area contributed by atoms with Crippen LogP contribution in [0.5, 0.6) is 0 Å². The number of anilines is 1. The van der Waals surface area contributed by atoms with E-state index < -0.39 is 6.43 Å². The van der Waals surface area contributed by atoms with Gasteiger partial charge in [0.25, 0.3) is 6.43 Å². The van der Waals surface area contributed by atoms with E-state index in [-0.39, 0.29) is 11.5 Å². The summed E-state index contributed by atoms with van der Waals surface area (Å²) in [5, 5.41) is 0. The molecule has 0 atom stereocenters. The number of alkyl halides is 2. The first-order valence-corrected chi connectivity index (χ1v) is 4.60. The van der Waals surface area contributed by atoms with Crippen LogP contribution in [-0.4, -0.2) is 9.97 Å². The average molecular weight is 262 g/mol.